The number of amides is 1. The SMILES string of the molecule is CCn1c(-c2cnc(C)nc2)nc2c(N[C@@H]3CN(C(=O)C4CC4)[C@@](C)(C(=O)O)C3)ncnc21. The van der Waals surface area contributed by atoms with Gasteiger partial charge in [-0.15, -0.1) is 0 Å². The molecule has 3 aromatic rings. The maximum atomic E-state index is 12.8. The van der Waals surface area contributed by atoms with Gasteiger partial charge in [-0.05, 0) is 33.6 Å². The number of hydrogen-bond donors (Lipinski definition) is 2. The molecule has 2 atom stereocenters. The number of fused-ring (bicyclic) bond motifs is 1. The summed E-state index contributed by atoms with van der Waals surface area (Å²) in [7, 11) is 0. The molecule has 2 fully saturated rings. The Bertz CT molecular complexity index is 1240. The van der Waals surface area contributed by atoms with Crippen molar-refractivity contribution >= 4 is 28.9 Å². The van der Waals surface area contributed by atoms with Crippen LogP contribution in [0.4, 0.5) is 5.82 Å². The minimum Gasteiger partial charge on any atom is -0.480 e. The second kappa shape index (κ2) is 7.75. The first-order valence-corrected chi connectivity index (χ1v) is 11.1. The summed E-state index contributed by atoms with van der Waals surface area (Å²) in [6.45, 7) is 6.39. The number of carbonyl (C=O) groups excluding carboxylic acids is 1. The summed E-state index contributed by atoms with van der Waals surface area (Å²) in [6, 6.07) is -0.273. The van der Waals surface area contributed by atoms with Crippen molar-refractivity contribution in [3.8, 4) is 11.4 Å². The first kappa shape index (κ1) is 21.2. The highest BCUT2D eigenvalue weighted by molar-refractivity contribution is 5.90. The topological polar surface area (TPSA) is 139 Å². The van der Waals surface area contributed by atoms with Crippen LogP contribution in [0, 0.1) is 12.8 Å². The van der Waals surface area contributed by atoms with Gasteiger partial charge in [0.1, 0.15) is 23.5 Å². The summed E-state index contributed by atoms with van der Waals surface area (Å²) in [6.07, 6.45) is 6.86. The lowest BCUT2D eigenvalue weighted by molar-refractivity contribution is -0.155. The van der Waals surface area contributed by atoms with Crippen molar-refractivity contribution in [1.29, 1.82) is 0 Å². The maximum absolute atomic E-state index is 12.8. The molecule has 1 saturated heterocycles. The Kier molecular flexibility index (Phi) is 4.98. The third kappa shape index (κ3) is 3.57. The lowest BCUT2D eigenvalue weighted by Crippen LogP contribution is -2.51. The Balaban J connectivity index is 1.49. The van der Waals surface area contributed by atoms with Crippen molar-refractivity contribution in [3.05, 3.63) is 24.5 Å². The number of anilines is 1. The van der Waals surface area contributed by atoms with Gasteiger partial charge in [0.15, 0.2) is 17.0 Å². The zero-order valence-corrected chi connectivity index (χ0v) is 18.8. The molecule has 4 heterocycles. The normalized spacial score (nSPS) is 22.6. The Morgan fingerprint density at radius 2 is 1.94 bits per heavy atom. The van der Waals surface area contributed by atoms with Gasteiger partial charge >= 0.3 is 5.97 Å². The lowest BCUT2D eigenvalue weighted by Gasteiger charge is -2.30. The van der Waals surface area contributed by atoms with Crippen LogP contribution >= 0.6 is 0 Å². The van der Waals surface area contributed by atoms with E-state index in [0.29, 0.717) is 41.7 Å². The molecule has 11 heteroatoms. The van der Waals surface area contributed by atoms with E-state index < -0.39 is 11.5 Å². The Hall–Kier alpha value is -3.63. The summed E-state index contributed by atoms with van der Waals surface area (Å²) in [4.78, 5) is 48.6. The fourth-order valence-corrected chi connectivity index (χ4v) is 4.52. The summed E-state index contributed by atoms with van der Waals surface area (Å²) in [5, 5.41) is 13.2. The van der Waals surface area contributed by atoms with E-state index in [1.807, 2.05) is 18.4 Å². The van der Waals surface area contributed by atoms with Crippen molar-refractivity contribution in [1.82, 2.24) is 34.4 Å². The molecule has 0 radical (unpaired) electrons. The van der Waals surface area contributed by atoms with Crippen molar-refractivity contribution in [2.45, 2.75) is 58.2 Å². The number of aryl methyl sites for hydroxylation is 2. The van der Waals surface area contributed by atoms with E-state index in [-0.39, 0.29) is 24.3 Å². The molecule has 0 bridgehead atoms. The molecule has 0 aromatic carbocycles. The van der Waals surface area contributed by atoms with Crippen LogP contribution in [-0.4, -0.2) is 69.5 Å². The molecule has 0 unspecified atom stereocenters. The van der Waals surface area contributed by atoms with Crippen molar-refractivity contribution in [2.24, 2.45) is 5.92 Å². The smallest absolute Gasteiger partial charge is 0.329 e. The monoisotopic (exact) mass is 450 g/mol. The second-order valence-electron chi connectivity index (χ2n) is 8.94. The van der Waals surface area contributed by atoms with Gasteiger partial charge in [0.25, 0.3) is 0 Å². The van der Waals surface area contributed by atoms with Gasteiger partial charge in [-0.3, -0.25) is 4.79 Å². The van der Waals surface area contributed by atoms with Crippen molar-refractivity contribution < 1.29 is 14.7 Å². The largest absolute Gasteiger partial charge is 0.480 e. The van der Waals surface area contributed by atoms with Crippen LogP contribution in [0.15, 0.2) is 18.7 Å². The highest BCUT2D eigenvalue weighted by Gasteiger charge is 2.52. The van der Waals surface area contributed by atoms with E-state index in [9.17, 15) is 14.7 Å². The number of imidazole rings is 1. The van der Waals surface area contributed by atoms with Crippen molar-refractivity contribution in [2.75, 3.05) is 11.9 Å². The first-order valence-electron chi connectivity index (χ1n) is 11.1. The molecule has 2 N–H and O–H groups in total. The molecule has 1 aliphatic heterocycles. The number of nitrogens with one attached hydrogen (secondary N) is 1. The van der Waals surface area contributed by atoms with Crippen LogP contribution in [0.1, 0.15) is 38.9 Å². The predicted molar refractivity (Wildman–Crippen MR) is 119 cm³/mol. The summed E-state index contributed by atoms with van der Waals surface area (Å²) >= 11 is 0. The zero-order valence-electron chi connectivity index (χ0n) is 18.8. The molecule has 3 aromatic heterocycles. The third-order valence-corrected chi connectivity index (χ3v) is 6.52. The van der Waals surface area contributed by atoms with Crippen molar-refractivity contribution in [3.63, 3.8) is 0 Å². The standard InChI is InChI=1S/C22H26N8O3/c1-4-29-18(14-8-23-12(2)24-9-14)28-16-17(25-11-26-19(16)29)27-15-7-22(3,21(32)33)30(10-15)20(31)13-5-6-13/h8-9,11,13,15H,4-7,10H2,1-3H3,(H,32,33)(H,25,26,27)/t15-,22+/m0/s1. The molecule has 172 valence electrons. The van der Waals surface area contributed by atoms with Gasteiger partial charge in [-0.2, -0.15) is 0 Å². The summed E-state index contributed by atoms with van der Waals surface area (Å²) in [5.74, 6) is 0.753. The van der Waals surface area contributed by atoms with Crippen LogP contribution in [0.2, 0.25) is 0 Å². The maximum Gasteiger partial charge on any atom is 0.329 e. The summed E-state index contributed by atoms with van der Waals surface area (Å²) in [5.41, 5.74) is 0.762. The molecular weight excluding hydrogens is 424 g/mol. The molecule has 1 saturated carbocycles. The van der Waals surface area contributed by atoms with Gasteiger partial charge in [0.05, 0.1) is 5.56 Å². The second-order valence-corrected chi connectivity index (χ2v) is 8.94. The Morgan fingerprint density at radius 1 is 1.21 bits per heavy atom. The fourth-order valence-electron chi connectivity index (χ4n) is 4.52. The van der Waals surface area contributed by atoms with Gasteiger partial charge in [0.2, 0.25) is 5.91 Å². The van der Waals surface area contributed by atoms with Gasteiger partial charge in [-0.25, -0.2) is 29.7 Å². The molecule has 2 aliphatic rings. The van der Waals surface area contributed by atoms with Crippen LogP contribution in [0.3, 0.4) is 0 Å². The quantitative estimate of drug-likeness (QED) is 0.576. The minimum atomic E-state index is -1.25. The van der Waals surface area contributed by atoms with Crippen LogP contribution in [0.5, 0.6) is 0 Å². The highest BCUT2D eigenvalue weighted by atomic mass is 16.4. The van der Waals surface area contributed by atoms with E-state index in [1.54, 1.807) is 19.3 Å². The molecule has 1 amide bonds. The van der Waals surface area contributed by atoms with Crippen LogP contribution < -0.4 is 5.32 Å². The number of nitrogens with zero attached hydrogens (tertiary/aromatic N) is 7. The number of aromatic nitrogens is 6. The van der Waals surface area contributed by atoms with Gasteiger partial charge in [-0.1, -0.05) is 0 Å². The van der Waals surface area contributed by atoms with Gasteiger partial charge in [0, 0.05) is 43.9 Å². The minimum absolute atomic E-state index is 0.0484. The number of carboxylic acids is 1. The fraction of sp³-hybridized carbons (Fsp3) is 0.500. The Morgan fingerprint density at radius 3 is 2.58 bits per heavy atom. The van der Waals surface area contributed by atoms with Crippen LogP contribution in [0.25, 0.3) is 22.6 Å². The highest BCUT2D eigenvalue weighted by Crippen LogP contribution is 2.39. The number of carbonyl (C=O) groups is 2. The number of hydrogen-bond acceptors (Lipinski definition) is 8. The molecule has 1 aliphatic carbocycles. The van der Waals surface area contributed by atoms with E-state index in [2.05, 4.69) is 25.3 Å². The zero-order chi connectivity index (χ0) is 23.3. The average Bonchev–Trinajstić information content (AvgIpc) is 3.49. The van der Waals surface area contributed by atoms with E-state index >= 15 is 0 Å². The third-order valence-electron chi connectivity index (χ3n) is 6.52. The molecule has 33 heavy (non-hydrogen) atoms. The number of rotatable bonds is 6. The van der Waals surface area contributed by atoms with Crippen LogP contribution in [-0.2, 0) is 16.1 Å². The molecule has 11 nitrogen and oxygen atoms in total. The van der Waals surface area contributed by atoms with Gasteiger partial charge < -0.3 is 19.9 Å². The number of carboxylic acid groups (broad SMARTS) is 1. The first-order chi connectivity index (χ1) is 15.8. The number of likely N-dealkylation sites (tertiary alicyclic amines) is 1. The van der Waals surface area contributed by atoms with E-state index in [4.69, 9.17) is 4.98 Å². The van der Waals surface area contributed by atoms with E-state index in [0.717, 1.165) is 18.4 Å². The molecule has 5 rings (SSSR count). The Labute approximate surface area is 190 Å². The summed E-state index contributed by atoms with van der Waals surface area (Å²) < 4.78 is 1.97. The molecule has 0 spiro atoms. The molecular formula is C22H26N8O3. The predicted octanol–water partition coefficient (Wildman–Crippen LogP) is 1.88. The lowest BCUT2D eigenvalue weighted by atomic mass is 9.97. The average molecular weight is 451 g/mol. The number of aliphatic carboxylic acids is 1. The van der Waals surface area contributed by atoms with E-state index in [1.165, 1.54) is 11.2 Å².